The third kappa shape index (κ3) is 4.69. The quantitative estimate of drug-likeness (QED) is 0.831. The molecule has 1 amide bonds. The maximum atomic E-state index is 13.0. The van der Waals surface area contributed by atoms with Crippen LogP contribution in [0.3, 0.4) is 0 Å². The number of sulfonamides is 1. The molecule has 0 saturated carbocycles. The molecule has 0 bridgehead atoms. The highest BCUT2D eigenvalue weighted by molar-refractivity contribution is 7.89. The zero-order chi connectivity index (χ0) is 20.1. The fourth-order valence-corrected chi connectivity index (χ4v) is 4.72. The first-order valence-corrected chi connectivity index (χ1v) is 10.9. The maximum absolute atomic E-state index is 13.0. The Hall–Kier alpha value is -2.45. The summed E-state index contributed by atoms with van der Waals surface area (Å²) in [6.45, 7) is 1.06. The van der Waals surface area contributed by atoms with Crippen molar-refractivity contribution in [2.75, 3.05) is 37.4 Å². The van der Waals surface area contributed by atoms with E-state index in [1.807, 2.05) is 19.0 Å². The normalized spacial score (nSPS) is 15.6. The zero-order valence-electron chi connectivity index (χ0n) is 16.3. The van der Waals surface area contributed by atoms with Gasteiger partial charge in [-0.15, -0.1) is 0 Å². The van der Waals surface area contributed by atoms with Gasteiger partial charge in [-0.2, -0.15) is 4.31 Å². The number of pyridine rings is 1. The van der Waals surface area contributed by atoms with E-state index in [0.717, 1.165) is 31.5 Å². The van der Waals surface area contributed by atoms with Crippen LogP contribution < -0.4 is 10.2 Å². The van der Waals surface area contributed by atoms with E-state index in [2.05, 4.69) is 10.3 Å². The molecule has 0 spiro atoms. The second-order valence-corrected chi connectivity index (χ2v) is 9.04. The number of amides is 1. The van der Waals surface area contributed by atoms with Crippen LogP contribution >= 0.6 is 0 Å². The van der Waals surface area contributed by atoms with Gasteiger partial charge in [0.1, 0.15) is 5.82 Å². The van der Waals surface area contributed by atoms with Gasteiger partial charge >= 0.3 is 0 Å². The van der Waals surface area contributed by atoms with Crippen molar-refractivity contribution in [1.29, 1.82) is 0 Å². The lowest BCUT2D eigenvalue weighted by molar-refractivity contribution is 0.102. The standard InChI is InChI=1S/C20H26N4O3S/c1-23(2)19-11-10-17(15-21-19)22-20(25)16-8-7-9-18(14-16)28(26,27)24-12-5-3-4-6-13-24/h7-11,14-15H,3-6,12-13H2,1-2H3,(H,22,25). The van der Waals surface area contributed by atoms with Crippen molar-refractivity contribution in [2.45, 2.75) is 30.6 Å². The number of nitrogens with zero attached hydrogens (tertiary/aromatic N) is 3. The van der Waals surface area contributed by atoms with Crippen LogP contribution in [0.25, 0.3) is 0 Å². The van der Waals surface area contributed by atoms with Gasteiger partial charge < -0.3 is 10.2 Å². The molecular formula is C20H26N4O3S. The van der Waals surface area contributed by atoms with Crippen molar-refractivity contribution in [1.82, 2.24) is 9.29 Å². The Balaban J connectivity index is 1.77. The van der Waals surface area contributed by atoms with Crippen molar-refractivity contribution < 1.29 is 13.2 Å². The molecule has 1 fully saturated rings. The summed E-state index contributed by atoms with van der Waals surface area (Å²) in [5.74, 6) is 0.413. The minimum Gasteiger partial charge on any atom is -0.363 e. The Morgan fingerprint density at radius 3 is 2.39 bits per heavy atom. The van der Waals surface area contributed by atoms with E-state index in [0.29, 0.717) is 24.3 Å². The molecule has 7 nitrogen and oxygen atoms in total. The van der Waals surface area contributed by atoms with Crippen LogP contribution in [0.2, 0.25) is 0 Å². The zero-order valence-corrected chi connectivity index (χ0v) is 17.1. The largest absolute Gasteiger partial charge is 0.363 e. The van der Waals surface area contributed by atoms with Gasteiger partial charge in [0.25, 0.3) is 5.91 Å². The fourth-order valence-electron chi connectivity index (χ4n) is 3.16. The predicted octanol–water partition coefficient (Wildman–Crippen LogP) is 2.96. The third-order valence-electron chi connectivity index (χ3n) is 4.76. The van der Waals surface area contributed by atoms with Gasteiger partial charge in [-0.05, 0) is 43.2 Å². The van der Waals surface area contributed by atoms with Crippen molar-refractivity contribution in [2.24, 2.45) is 0 Å². The SMILES string of the molecule is CN(C)c1ccc(NC(=O)c2cccc(S(=O)(=O)N3CCCCCC3)c2)cn1. The number of carbonyl (C=O) groups is 1. The van der Waals surface area contributed by atoms with Crippen LogP contribution in [0.5, 0.6) is 0 Å². The Labute approximate surface area is 166 Å². The summed E-state index contributed by atoms with van der Waals surface area (Å²) in [5, 5.41) is 2.76. The van der Waals surface area contributed by atoms with E-state index in [1.54, 1.807) is 36.5 Å². The third-order valence-corrected chi connectivity index (χ3v) is 6.66. The molecule has 0 aliphatic carbocycles. The molecule has 1 aromatic heterocycles. The first-order valence-electron chi connectivity index (χ1n) is 9.43. The topological polar surface area (TPSA) is 82.6 Å². The molecule has 2 heterocycles. The molecule has 1 aliphatic rings. The van der Waals surface area contributed by atoms with Gasteiger partial charge in [-0.3, -0.25) is 4.79 Å². The summed E-state index contributed by atoms with van der Waals surface area (Å²) in [4.78, 5) is 18.9. The summed E-state index contributed by atoms with van der Waals surface area (Å²) < 4.78 is 27.4. The lowest BCUT2D eigenvalue weighted by Gasteiger charge is -2.20. The van der Waals surface area contributed by atoms with Crippen LogP contribution in [-0.2, 0) is 10.0 Å². The van der Waals surface area contributed by atoms with Gasteiger partial charge in [-0.1, -0.05) is 18.9 Å². The van der Waals surface area contributed by atoms with Gasteiger partial charge in [-0.25, -0.2) is 13.4 Å². The molecule has 28 heavy (non-hydrogen) atoms. The van der Waals surface area contributed by atoms with E-state index in [1.165, 1.54) is 10.4 Å². The number of nitrogens with one attached hydrogen (secondary N) is 1. The molecule has 1 aliphatic heterocycles. The number of anilines is 2. The van der Waals surface area contributed by atoms with E-state index in [-0.39, 0.29) is 10.8 Å². The summed E-state index contributed by atoms with van der Waals surface area (Å²) in [6.07, 6.45) is 5.42. The highest BCUT2D eigenvalue weighted by Crippen LogP contribution is 2.22. The van der Waals surface area contributed by atoms with Crippen molar-refractivity contribution in [3.05, 3.63) is 48.2 Å². The van der Waals surface area contributed by atoms with Crippen LogP contribution in [-0.4, -0.2) is 50.8 Å². The monoisotopic (exact) mass is 402 g/mol. The van der Waals surface area contributed by atoms with Gasteiger partial charge in [0.15, 0.2) is 0 Å². The van der Waals surface area contributed by atoms with E-state index in [9.17, 15) is 13.2 Å². The summed E-state index contributed by atoms with van der Waals surface area (Å²) in [5.41, 5.74) is 0.851. The number of aromatic nitrogens is 1. The van der Waals surface area contributed by atoms with Crippen molar-refractivity contribution in [3.63, 3.8) is 0 Å². The molecule has 0 atom stereocenters. The van der Waals surface area contributed by atoms with Crippen molar-refractivity contribution >= 4 is 27.4 Å². The molecular weight excluding hydrogens is 376 g/mol. The first kappa shape index (κ1) is 20.3. The summed E-state index contributed by atoms with van der Waals surface area (Å²) in [6, 6.07) is 9.76. The highest BCUT2D eigenvalue weighted by Gasteiger charge is 2.25. The van der Waals surface area contributed by atoms with E-state index < -0.39 is 10.0 Å². The van der Waals surface area contributed by atoms with Gasteiger partial charge in [0.05, 0.1) is 16.8 Å². The molecule has 3 rings (SSSR count). The van der Waals surface area contributed by atoms with Crippen molar-refractivity contribution in [3.8, 4) is 0 Å². The Bertz CT molecular complexity index is 919. The molecule has 8 heteroatoms. The van der Waals surface area contributed by atoms with Crippen LogP contribution in [0.1, 0.15) is 36.0 Å². The number of hydrogen-bond donors (Lipinski definition) is 1. The highest BCUT2D eigenvalue weighted by atomic mass is 32.2. The van der Waals surface area contributed by atoms with Crippen LogP contribution in [0.15, 0.2) is 47.5 Å². The average molecular weight is 403 g/mol. The molecule has 1 N–H and O–H groups in total. The second-order valence-electron chi connectivity index (χ2n) is 7.10. The first-order chi connectivity index (χ1) is 13.4. The molecule has 2 aromatic rings. The van der Waals surface area contributed by atoms with E-state index in [4.69, 9.17) is 0 Å². The second kappa shape index (κ2) is 8.70. The fraction of sp³-hybridized carbons (Fsp3) is 0.400. The van der Waals surface area contributed by atoms with Crippen LogP contribution in [0, 0.1) is 0 Å². The number of benzene rings is 1. The van der Waals surface area contributed by atoms with Gasteiger partial charge in [0.2, 0.25) is 10.0 Å². The molecule has 1 aromatic carbocycles. The minimum absolute atomic E-state index is 0.156. The molecule has 1 saturated heterocycles. The van der Waals surface area contributed by atoms with Crippen LogP contribution in [0.4, 0.5) is 11.5 Å². The predicted molar refractivity (Wildman–Crippen MR) is 110 cm³/mol. The Morgan fingerprint density at radius 2 is 1.79 bits per heavy atom. The summed E-state index contributed by atoms with van der Waals surface area (Å²) >= 11 is 0. The molecule has 150 valence electrons. The summed E-state index contributed by atoms with van der Waals surface area (Å²) in [7, 11) is 0.178. The van der Waals surface area contributed by atoms with Gasteiger partial charge in [0, 0.05) is 32.7 Å². The lowest BCUT2D eigenvalue weighted by atomic mass is 10.2. The minimum atomic E-state index is -3.59. The van der Waals surface area contributed by atoms with E-state index >= 15 is 0 Å². The maximum Gasteiger partial charge on any atom is 0.255 e. The number of carbonyl (C=O) groups excluding carboxylic acids is 1. The molecule has 0 unspecified atom stereocenters. The molecule has 0 radical (unpaired) electrons. The lowest BCUT2D eigenvalue weighted by Crippen LogP contribution is -2.32. The number of rotatable bonds is 5. The number of hydrogen-bond acceptors (Lipinski definition) is 5. The Kier molecular flexibility index (Phi) is 6.31. The Morgan fingerprint density at radius 1 is 1.07 bits per heavy atom. The smallest absolute Gasteiger partial charge is 0.255 e. The average Bonchev–Trinajstić information content (AvgIpc) is 2.98.